The van der Waals surface area contributed by atoms with Crippen LogP contribution in [0.5, 0.6) is 0 Å². The molecule has 1 aliphatic rings. The number of benzene rings is 3. The van der Waals surface area contributed by atoms with Crippen molar-refractivity contribution in [3.05, 3.63) is 119 Å². The third-order valence-corrected chi connectivity index (χ3v) is 8.83. The van der Waals surface area contributed by atoms with Crippen molar-refractivity contribution in [1.82, 2.24) is 14.7 Å². The zero-order chi connectivity index (χ0) is 28.3. The number of nitrogens with zero attached hydrogens (tertiary/aromatic N) is 2. The van der Waals surface area contributed by atoms with Crippen LogP contribution >= 0.6 is 0 Å². The van der Waals surface area contributed by atoms with Crippen LogP contribution in [0, 0.1) is 19.8 Å². The SMILES string of the molecule is Cc1cc(C)n2c(n1)c(Cc1ccc(C(C(=O)NC(CO)c3ccccc3)C3CCCCC3)cc1)c1ccccc12. The van der Waals surface area contributed by atoms with Crippen LogP contribution in [0.4, 0.5) is 0 Å². The lowest BCUT2D eigenvalue weighted by atomic mass is 9.76. The molecule has 210 valence electrons. The number of rotatable bonds is 8. The fourth-order valence-corrected chi connectivity index (χ4v) is 6.84. The first-order valence-corrected chi connectivity index (χ1v) is 14.9. The molecule has 2 N–H and O–H groups in total. The van der Waals surface area contributed by atoms with Gasteiger partial charge in [-0.05, 0) is 61.4 Å². The maximum atomic E-state index is 13.9. The second-order valence-corrected chi connectivity index (χ2v) is 11.6. The highest BCUT2D eigenvalue weighted by Crippen LogP contribution is 2.37. The summed E-state index contributed by atoms with van der Waals surface area (Å²) in [6.07, 6.45) is 6.45. The molecule has 1 aliphatic carbocycles. The van der Waals surface area contributed by atoms with Gasteiger partial charge in [0.05, 0.1) is 24.1 Å². The van der Waals surface area contributed by atoms with E-state index in [1.807, 2.05) is 30.3 Å². The van der Waals surface area contributed by atoms with Crippen molar-refractivity contribution >= 4 is 22.5 Å². The Labute approximate surface area is 242 Å². The summed E-state index contributed by atoms with van der Waals surface area (Å²) >= 11 is 0. The quantitative estimate of drug-likeness (QED) is 0.217. The van der Waals surface area contributed by atoms with E-state index in [0.717, 1.165) is 54.6 Å². The molecule has 1 amide bonds. The zero-order valence-corrected chi connectivity index (χ0v) is 24.0. The Morgan fingerprint density at radius 2 is 1.63 bits per heavy atom. The number of hydrogen-bond acceptors (Lipinski definition) is 3. The van der Waals surface area contributed by atoms with Crippen molar-refractivity contribution in [1.29, 1.82) is 0 Å². The van der Waals surface area contributed by atoms with Gasteiger partial charge in [-0.3, -0.25) is 9.20 Å². The lowest BCUT2D eigenvalue weighted by Crippen LogP contribution is -2.38. The summed E-state index contributed by atoms with van der Waals surface area (Å²) in [5.74, 6) is 0.0802. The van der Waals surface area contributed by atoms with Crippen LogP contribution in [0.1, 0.15) is 77.7 Å². The number of aromatic nitrogens is 2. The molecule has 0 aliphatic heterocycles. The lowest BCUT2D eigenvalue weighted by molar-refractivity contribution is -0.125. The molecule has 5 aromatic rings. The van der Waals surface area contributed by atoms with Crippen molar-refractivity contribution in [2.75, 3.05) is 6.61 Å². The van der Waals surface area contributed by atoms with Crippen molar-refractivity contribution in [2.24, 2.45) is 5.92 Å². The van der Waals surface area contributed by atoms with Gasteiger partial charge in [0, 0.05) is 28.8 Å². The second-order valence-electron chi connectivity index (χ2n) is 11.6. The van der Waals surface area contributed by atoms with Crippen LogP contribution in [0.25, 0.3) is 16.6 Å². The molecular weight excluding hydrogens is 506 g/mol. The predicted molar refractivity (Wildman–Crippen MR) is 165 cm³/mol. The first kappa shape index (κ1) is 27.2. The van der Waals surface area contributed by atoms with E-state index in [4.69, 9.17) is 4.98 Å². The minimum absolute atomic E-state index is 0.00660. The minimum atomic E-state index is -0.412. The Morgan fingerprint density at radius 3 is 2.37 bits per heavy atom. The van der Waals surface area contributed by atoms with E-state index in [1.54, 1.807) is 0 Å². The Kier molecular flexibility index (Phi) is 7.89. The van der Waals surface area contributed by atoms with E-state index in [0.29, 0.717) is 5.92 Å². The molecule has 2 heterocycles. The summed E-state index contributed by atoms with van der Waals surface area (Å²) in [7, 11) is 0. The first-order valence-electron chi connectivity index (χ1n) is 14.9. The van der Waals surface area contributed by atoms with Gasteiger partial charge in [-0.15, -0.1) is 0 Å². The van der Waals surface area contributed by atoms with E-state index in [1.165, 1.54) is 34.1 Å². The van der Waals surface area contributed by atoms with Gasteiger partial charge in [0.25, 0.3) is 0 Å². The molecule has 6 rings (SSSR count). The molecule has 3 aromatic carbocycles. The zero-order valence-electron chi connectivity index (χ0n) is 24.0. The second kappa shape index (κ2) is 11.9. The topological polar surface area (TPSA) is 66.6 Å². The Hall–Kier alpha value is -3.96. The van der Waals surface area contributed by atoms with Gasteiger partial charge < -0.3 is 10.4 Å². The Morgan fingerprint density at radius 1 is 0.927 bits per heavy atom. The highest BCUT2D eigenvalue weighted by Gasteiger charge is 2.32. The number of amides is 1. The fourth-order valence-electron chi connectivity index (χ4n) is 6.84. The molecule has 41 heavy (non-hydrogen) atoms. The van der Waals surface area contributed by atoms with Crippen LogP contribution in [-0.2, 0) is 11.2 Å². The first-order chi connectivity index (χ1) is 20.0. The van der Waals surface area contributed by atoms with E-state index in [2.05, 4.69) is 78.2 Å². The summed E-state index contributed by atoms with van der Waals surface area (Å²) in [5, 5.41) is 14.5. The third kappa shape index (κ3) is 5.51. The van der Waals surface area contributed by atoms with Gasteiger partial charge in [-0.25, -0.2) is 4.98 Å². The molecular formula is C36H39N3O2. The monoisotopic (exact) mass is 545 g/mol. The smallest absolute Gasteiger partial charge is 0.228 e. The highest BCUT2D eigenvalue weighted by atomic mass is 16.3. The number of fused-ring (bicyclic) bond motifs is 3. The fraction of sp³-hybridized carbons (Fsp3) is 0.333. The lowest BCUT2D eigenvalue weighted by Gasteiger charge is -2.31. The number of hydrogen-bond donors (Lipinski definition) is 2. The number of para-hydroxylation sites is 1. The highest BCUT2D eigenvalue weighted by molar-refractivity contribution is 5.91. The van der Waals surface area contributed by atoms with Gasteiger partial charge in [0.1, 0.15) is 5.65 Å². The van der Waals surface area contributed by atoms with Crippen molar-refractivity contribution < 1.29 is 9.90 Å². The van der Waals surface area contributed by atoms with Crippen molar-refractivity contribution in [3.8, 4) is 0 Å². The Balaban J connectivity index is 1.31. The number of aryl methyl sites for hydroxylation is 2. The number of carbonyl (C=O) groups is 1. The molecule has 1 fully saturated rings. The van der Waals surface area contributed by atoms with Crippen LogP contribution < -0.4 is 5.32 Å². The van der Waals surface area contributed by atoms with Gasteiger partial charge in [0.15, 0.2) is 0 Å². The van der Waals surface area contributed by atoms with Crippen molar-refractivity contribution in [3.63, 3.8) is 0 Å². The van der Waals surface area contributed by atoms with Gasteiger partial charge in [0.2, 0.25) is 5.91 Å². The molecule has 2 unspecified atom stereocenters. The molecule has 0 spiro atoms. The summed E-state index contributed by atoms with van der Waals surface area (Å²) < 4.78 is 2.26. The summed E-state index contributed by atoms with van der Waals surface area (Å²) in [4.78, 5) is 18.8. The number of aliphatic hydroxyl groups excluding tert-OH is 1. The normalized spacial score (nSPS) is 15.7. The van der Waals surface area contributed by atoms with Gasteiger partial charge >= 0.3 is 0 Å². The summed E-state index contributed by atoms with van der Waals surface area (Å²) in [5.41, 5.74) is 8.82. The van der Waals surface area contributed by atoms with Gasteiger partial charge in [-0.1, -0.05) is 92.1 Å². The summed E-state index contributed by atoms with van der Waals surface area (Å²) in [6.45, 7) is 4.07. The average Bonchev–Trinajstić information content (AvgIpc) is 3.31. The third-order valence-electron chi connectivity index (χ3n) is 8.83. The molecule has 1 saturated carbocycles. The van der Waals surface area contributed by atoms with Crippen molar-refractivity contribution in [2.45, 2.75) is 64.3 Å². The standard InChI is InChI=1S/C36H39N3O2/c1-24-21-25(2)39-33-16-10-9-15-30(33)31(35(39)37-24)22-26-17-19-29(20-18-26)34(28-13-7-4-8-14-28)36(41)38-32(23-40)27-11-5-3-6-12-27/h3,5-6,9-12,15-21,28,32,34,40H,4,7-8,13-14,22-23H2,1-2H3,(H,38,41). The van der Waals surface area contributed by atoms with Crippen LogP contribution in [-0.4, -0.2) is 27.0 Å². The largest absolute Gasteiger partial charge is 0.394 e. The molecule has 2 aromatic heterocycles. The molecule has 0 radical (unpaired) electrons. The van der Waals surface area contributed by atoms with E-state index >= 15 is 0 Å². The van der Waals surface area contributed by atoms with E-state index < -0.39 is 6.04 Å². The number of aliphatic hydroxyl groups is 1. The molecule has 5 heteroatoms. The van der Waals surface area contributed by atoms with Gasteiger partial charge in [-0.2, -0.15) is 0 Å². The number of nitrogens with one attached hydrogen (secondary N) is 1. The van der Waals surface area contributed by atoms with E-state index in [-0.39, 0.29) is 18.4 Å². The molecule has 5 nitrogen and oxygen atoms in total. The average molecular weight is 546 g/mol. The van der Waals surface area contributed by atoms with Crippen LogP contribution in [0.2, 0.25) is 0 Å². The molecule has 2 atom stereocenters. The number of carbonyl (C=O) groups excluding carboxylic acids is 1. The summed E-state index contributed by atoms with van der Waals surface area (Å²) in [6, 6.07) is 28.7. The van der Waals surface area contributed by atoms with Crippen LogP contribution in [0.15, 0.2) is 84.9 Å². The minimum Gasteiger partial charge on any atom is -0.394 e. The maximum absolute atomic E-state index is 13.9. The van der Waals surface area contributed by atoms with Crippen LogP contribution in [0.3, 0.4) is 0 Å². The Bertz CT molecular complexity index is 1650. The molecule has 0 saturated heterocycles. The maximum Gasteiger partial charge on any atom is 0.228 e. The predicted octanol–water partition coefficient (Wildman–Crippen LogP) is 7.21. The van der Waals surface area contributed by atoms with E-state index in [9.17, 15) is 9.90 Å². The molecule has 0 bridgehead atoms.